The van der Waals surface area contributed by atoms with Gasteiger partial charge in [-0.15, -0.1) is 0 Å². The maximum absolute atomic E-state index is 4.32. The van der Waals surface area contributed by atoms with E-state index in [1.807, 2.05) is 24.3 Å². The zero-order valence-electron chi connectivity index (χ0n) is 8.90. The van der Waals surface area contributed by atoms with Gasteiger partial charge >= 0.3 is 0 Å². The molecular weight excluding hydrogens is 286 g/mol. The summed E-state index contributed by atoms with van der Waals surface area (Å²) in [5.74, 6) is 0.883. The van der Waals surface area contributed by atoms with Crippen molar-refractivity contribution in [3.8, 4) is 11.3 Å². The maximum Gasteiger partial charge on any atom is 0.168 e. The molecule has 5 heteroatoms. The summed E-state index contributed by atoms with van der Waals surface area (Å²) >= 11 is 4.66. The molecule has 0 radical (unpaired) electrons. The molecule has 0 aliphatic carbocycles. The summed E-state index contributed by atoms with van der Waals surface area (Å²) in [6, 6.07) is 8.10. The van der Waals surface area contributed by atoms with Gasteiger partial charge in [-0.1, -0.05) is 35.0 Å². The highest BCUT2D eigenvalue weighted by atomic mass is 79.9. The summed E-state index contributed by atoms with van der Waals surface area (Å²) in [5, 5.41) is 3.28. The van der Waals surface area contributed by atoms with Crippen LogP contribution >= 0.6 is 27.7 Å². The smallest absolute Gasteiger partial charge is 0.168 e. The monoisotopic (exact) mass is 297 g/mol. The number of rotatable bonds is 4. The molecule has 2 rings (SSSR count). The van der Waals surface area contributed by atoms with Crippen LogP contribution in [0.25, 0.3) is 11.3 Å². The Hall–Kier alpha value is -0.940. The van der Waals surface area contributed by atoms with E-state index in [1.165, 1.54) is 11.7 Å². The molecule has 0 unspecified atom stereocenters. The van der Waals surface area contributed by atoms with Gasteiger partial charge in [-0.25, -0.2) is 0 Å². The summed E-state index contributed by atoms with van der Waals surface area (Å²) in [5.41, 5.74) is 2.03. The van der Waals surface area contributed by atoms with E-state index in [1.54, 1.807) is 0 Å². The molecule has 1 aromatic carbocycles. The van der Waals surface area contributed by atoms with Crippen LogP contribution < -0.4 is 5.32 Å². The van der Waals surface area contributed by atoms with Crippen molar-refractivity contribution in [2.24, 2.45) is 0 Å². The van der Waals surface area contributed by atoms with E-state index in [-0.39, 0.29) is 0 Å². The summed E-state index contributed by atoms with van der Waals surface area (Å²) in [4.78, 5) is 0. The van der Waals surface area contributed by atoms with Crippen LogP contribution in [0.4, 0.5) is 5.82 Å². The zero-order chi connectivity index (χ0) is 11.4. The lowest BCUT2D eigenvalue weighted by Crippen LogP contribution is -2.01. The van der Waals surface area contributed by atoms with Crippen LogP contribution in [0.2, 0.25) is 0 Å². The van der Waals surface area contributed by atoms with Crippen molar-refractivity contribution in [2.45, 2.75) is 13.3 Å². The minimum atomic E-state index is 0.883. The molecule has 0 saturated carbocycles. The minimum absolute atomic E-state index is 0.883. The van der Waals surface area contributed by atoms with Crippen molar-refractivity contribution in [3.05, 3.63) is 28.7 Å². The molecule has 3 nitrogen and oxygen atoms in total. The van der Waals surface area contributed by atoms with Crippen molar-refractivity contribution >= 4 is 33.5 Å². The normalized spacial score (nSPS) is 10.4. The standard InChI is InChI=1S/C11H12BrN3S/c1-2-7-13-11-10(14-16-15-11)8-3-5-9(12)6-4-8/h3-6H,2,7H2,1H3,(H,13,15). The quantitative estimate of drug-likeness (QED) is 0.933. The number of hydrogen-bond donors (Lipinski definition) is 1. The fourth-order valence-corrected chi connectivity index (χ4v) is 2.16. The summed E-state index contributed by atoms with van der Waals surface area (Å²) < 4.78 is 9.65. The maximum atomic E-state index is 4.32. The Morgan fingerprint density at radius 2 is 2.00 bits per heavy atom. The second-order valence-electron chi connectivity index (χ2n) is 3.40. The Labute approximate surface area is 107 Å². The van der Waals surface area contributed by atoms with E-state index in [0.717, 1.165) is 34.5 Å². The van der Waals surface area contributed by atoms with E-state index < -0.39 is 0 Å². The molecular formula is C11H12BrN3S. The first-order valence-corrected chi connectivity index (χ1v) is 6.66. The predicted octanol–water partition coefficient (Wildman–Crippen LogP) is 3.79. The van der Waals surface area contributed by atoms with Crippen LogP contribution in [0.3, 0.4) is 0 Å². The summed E-state index contributed by atoms with van der Waals surface area (Å²) in [6.45, 7) is 3.06. The van der Waals surface area contributed by atoms with E-state index >= 15 is 0 Å². The highest BCUT2D eigenvalue weighted by Gasteiger charge is 2.09. The third kappa shape index (κ3) is 2.59. The number of nitrogens with zero attached hydrogens (tertiary/aromatic N) is 2. The number of hydrogen-bond acceptors (Lipinski definition) is 4. The Balaban J connectivity index is 2.26. The van der Waals surface area contributed by atoms with Crippen LogP contribution in [-0.2, 0) is 0 Å². The lowest BCUT2D eigenvalue weighted by Gasteiger charge is -2.03. The lowest BCUT2D eigenvalue weighted by molar-refractivity contribution is 0.974. The molecule has 0 fully saturated rings. The van der Waals surface area contributed by atoms with E-state index in [2.05, 4.69) is 36.9 Å². The minimum Gasteiger partial charge on any atom is -0.367 e. The average molecular weight is 298 g/mol. The zero-order valence-corrected chi connectivity index (χ0v) is 11.3. The average Bonchev–Trinajstić information content (AvgIpc) is 2.75. The summed E-state index contributed by atoms with van der Waals surface area (Å²) in [6.07, 6.45) is 1.08. The molecule has 0 amide bonds. The highest BCUT2D eigenvalue weighted by molar-refractivity contribution is 9.10. The Bertz CT molecular complexity index is 453. The van der Waals surface area contributed by atoms with Crippen molar-refractivity contribution < 1.29 is 0 Å². The van der Waals surface area contributed by atoms with E-state index in [9.17, 15) is 0 Å². The molecule has 1 aromatic heterocycles. The SMILES string of the molecule is CCCNc1nsnc1-c1ccc(Br)cc1. The first kappa shape index (κ1) is 11.5. The van der Waals surface area contributed by atoms with Gasteiger partial charge in [0.2, 0.25) is 0 Å². The third-order valence-electron chi connectivity index (χ3n) is 2.15. The van der Waals surface area contributed by atoms with Gasteiger partial charge < -0.3 is 5.32 Å². The van der Waals surface area contributed by atoms with Crippen molar-refractivity contribution in [1.29, 1.82) is 0 Å². The van der Waals surface area contributed by atoms with Crippen LogP contribution in [0, 0.1) is 0 Å². The number of benzene rings is 1. The molecule has 0 aliphatic rings. The van der Waals surface area contributed by atoms with Crippen LogP contribution in [0.15, 0.2) is 28.7 Å². The third-order valence-corrected chi connectivity index (χ3v) is 3.21. The number of nitrogens with one attached hydrogen (secondary N) is 1. The van der Waals surface area contributed by atoms with Crippen molar-refractivity contribution in [1.82, 2.24) is 8.75 Å². The Kier molecular flexibility index (Phi) is 3.90. The first-order chi connectivity index (χ1) is 7.81. The molecule has 2 aromatic rings. The molecule has 84 valence electrons. The molecule has 0 atom stereocenters. The Morgan fingerprint density at radius 3 is 2.69 bits per heavy atom. The summed E-state index contributed by atoms with van der Waals surface area (Å²) in [7, 11) is 0. The van der Waals surface area contributed by atoms with E-state index in [4.69, 9.17) is 0 Å². The van der Waals surface area contributed by atoms with Gasteiger partial charge in [0.05, 0.1) is 11.7 Å². The van der Waals surface area contributed by atoms with Gasteiger partial charge in [0.25, 0.3) is 0 Å². The van der Waals surface area contributed by atoms with Gasteiger partial charge in [-0.2, -0.15) is 8.75 Å². The van der Waals surface area contributed by atoms with Gasteiger partial charge in [-0.3, -0.25) is 0 Å². The number of anilines is 1. The van der Waals surface area contributed by atoms with Crippen LogP contribution in [0.1, 0.15) is 13.3 Å². The van der Waals surface area contributed by atoms with Gasteiger partial charge in [0, 0.05) is 16.6 Å². The molecule has 1 N–H and O–H groups in total. The molecule has 0 bridgehead atoms. The molecule has 16 heavy (non-hydrogen) atoms. The highest BCUT2D eigenvalue weighted by Crippen LogP contribution is 2.26. The predicted molar refractivity (Wildman–Crippen MR) is 71.8 cm³/mol. The van der Waals surface area contributed by atoms with Crippen LogP contribution in [0.5, 0.6) is 0 Å². The van der Waals surface area contributed by atoms with E-state index in [0.29, 0.717) is 0 Å². The van der Waals surface area contributed by atoms with Gasteiger partial charge in [-0.05, 0) is 18.6 Å². The van der Waals surface area contributed by atoms with Crippen LogP contribution in [-0.4, -0.2) is 15.3 Å². The number of aromatic nitrogens is 2. The lowest BCUT2D eigenvalue weighted by atomic mass is 10.1. The second-order valence-corrected chi connectivity index (χ2v) is 4.84. The van der Waals surface area contributed by atoms with Gasteiger partial charge in [0.1, 0.15) is 5.69 Å². The second kappa shape index (κ2) is 5.41. The Morgan fingerprint density at radius 1 is 1.25 bits per heavy atom. The van der Waals surface area contributed by atoms with Crippen molar-refractivity contribution in [2.75, 3.05) is 11.9 Å². The fourth-order valence-electron chi connectivity index (χ4n) is 1.35. The molecule has 0 saturated heterocycles. The number of halogens is 1. The first-order valence-electron chi connectivity index (χ1n) is 5.13. The fraction of sp³-hybridized carbons (Fsp3) is 0.273. The molecule has 0 spiro atoms. The topological polar surface area (TPSA) is 37.8 Å². The molecule has 0 aliphatic heterocycles. The van der Waals surface area contributed by atoms with Gasteiger partial charge in [0.15, 0.2) is 5.82 Å². The van der Waals surface area contributed by atoms with Crippen molar-refractivity contribution in [3.63, 3.8) is 0 Å². The largest absolute Gasteiger partial charge is 0.367 e. The molecule has 1 heterocycles.